The summed E-state index contributed by atoms with van der Waals surface area (Å²) >= 11 is 0. The lowest BCUT2D eigenvalue weighted by Gasteiger charge is -2.23. The SMILES string of the molecule is CC1OCCC1CNC1CC(=O)N(C2CCCC2)C1=O. The number of carbonyl (C=O) groups is 2. The third-order valence-corrected chi connectivity index (χ3v) is 5.03. The molecule has 112 valence electrons. The number of hydrogen-bond donors (Lipinski definition) is 1. The lowest BCUT2D eigenvalue weighted by molar-refractivity contribution is -0.141. The molecular weight excluding hydrogens is 256 g/mol. The molecule has 0 spiro atoms. The summed E-state index contributed by atoms with van der Waals surface area (Å²) in [5, 5.41) is 3.30. The van der Waals surface area contributed by atoms with E-state index in [9.17, 15) is 9.59 Å². The first-order chi connectivity index (χ1) is 9.66. The molecule has 3 aliphatic rings. The number of nitrogens with zero attached hydrogens (tertiary/aromatic N) is 1. The molecule has 0 aromatic carbocycles. The van der Waals surface area contributed by atoms with Gasteiger partial charge in [0.2, 0.25) is 11.8 Å². The number of imide groups is 1. The van der Waals surface area contributed by atoms with E-state index in [1.807, 2.05) is 0 Å². The predicted molar refractivity (Wildman–Crippen MR) is 74.0 cm³/mol. The van der Waals surface area contributed by atoms with Crippen LogP contribution in [0.2, 0.25) is 0 Å². The van der Waals surface area contributed by atoms with Crippen LogP contribution in [0.1, 0.15) is 45.4 Å². The second-order valence-electron chi connectivity index (χ2n) is 6.33. The molecule has 3 fully saturated rings. The molecule has 2 heterocycles. The molecule has 0 aromatic rings. The second-order valence-corrected chi connectivity index (χ2v) is 6.33. The van der Waals surface area contributed by atoms with E-state index in [1.54, 1.807) is 4.90 Å². The molecule has 3 unspecified atom stereocenters. The average molecular weight is 280 g/mol. The molecule has 0 radical (unpaired) electrons. The number of nitrogens with one attached hydrogen (secondary N) is 1. The minimum absolute atomic E-state index is 0.00605. The first kappa shape index (κ1) is 14.0. The quantitative estimate of drug-likeness (QED) is 0.783. The first-order valence-electron chi connectivity index (χ1n) is 7.87. The lowest BCUT2D eigenvalue weighted by atomic mass is 10.0. The monoisotopic (exact) mass is 280 g/mol. The topological polar surface area (TPSA) is 58.6 Å². The molecule has 1 aliphatic carbocycles. The van der Waals surface area contributed by atoms with E-state index in [-0.39, 0.29) is 30.0 Å². The number of rotatable bonds is 4. The van der Waals surface area contributed by atoms with Gasteiger partial charge in [0, 0.05) is 19.2 Å². The number of carbonyl (C=O) groups excluding carboxylic acids is 2. The molecule has 3 atom stereocenters. The Kier molecular flexibility index (Phi) is 4.08. The van der Waals surface area contributed by atoms with Crippen molar-refractivity contribution in [2.24, 2.45) is 5.92 Å². The van der Waals surface area contributed by atoms with E-state index in [2.05, 4.69) is 12.2 Å². The molecule has 0 bridgehead atoms. The Morgan fingerprint density at radius 3 is 2.65 bits per heavy atom. The third-order valence-electron chi connectivity index (χ3n) is 5.03. The van der Waals surface area contributed by atoms with Crippen LogP contribution >= 0.6 is 0 Å². The number of ether oxygens (including phenoxy) is 1. The summed E-state index contributed by atoms with van der Waals surface area (Å²) in [6.45, 7) is 3.65. The summed E-state index contributed by atoms with van der Waals surface area (Å²) in [7, 11) is 0. The fourth-order valence-corrected chi connectivity index (χ4v) is 3.69. The Bertz CT molecular complexity index is 393. The van der Waals surface area contributed by atoms with Gasteiger partial charge in [0.25, 0.3) is 0 Å². The van der Waals surface area contributed by atoms with Gasteiger partial charge in [0.05, 0.1) is 18.6 Å². The van der Waals surface area contributed by atoms with Crippen molar-refractivity contribution >= 4 is 11.8 Å². The van der Waals surface area contributed by atoms with Crippen LogP contribution in [-0.2, 0) is 14.3 Å². The largest absolute Gasteiger partial charge is 0.378 e. The molecule has 1 saturated carbocycles. The average Bonchev–Trinajstić information content (AvgIpc) is 3.10. The van der Waals surface area contributed by atoms with E-state index in [1.165, 1.54) is 0 Å². The van der Waals surface area contributed by atoms with Gasteiger partial charge < -0.3 is 10.1 Å². The van der Waals surface area contributed by atoms with Crippen LogP contribution < -0.4 is 5.32 Å². The number of amides is 2. The van der Waals surface area contributed by atoms with Gasteiger partial charge in [-0.2, -0.15) is 0 Å². The van der Waals surface area contributed by atoms with E-state index >= 15 is 0 Å². The summed E-state index contributed by atoms with van der Waals surface area (Å²) in [4.78, 5) is 26.0. The van der Waals surface area contributed by atoms with Crippen LogP contribution in [0.5, 0.6) is 0 Å². The van der Waals surface area contributed by atoms with Crippen LogP contribution in [0.25, 0.3) is 0 Å². The summed E-state index contributed by atoms with van der Waals surface area (Å²) in [5.41, 5.74) is 0. The maximum atomic E-state index is 12.4. The van der Waals surface area contributed by atoms with Gasteiger partial charge in [-0.05, 0) is 32.1 Å². The molecule has 2 saturated heterocycles. The van der Waals surface area contributed by atoms with Crippen molar-refractivity contribution in [2.45, 2.75) is 63.6 Å². The van der Waals surface area contributed by atoms with E-state index in [0.29, 0.717) is 12.3 Å². The first-order valence-corrected chi connectivity index (χ1v) is 7.87. The molecule has 5 nitrogen and oxygen atoms in total. The van der Waals surface area contributed by atoms with Gasteiger partial charge in [-0.1, -0.05) is 12.8 Å². The zero-order chi connectivity index (χ0) is 14.1. The van der Waals surface area contributed by atoms with E-state index in [0.717, 1.165) is 45.3 Å². The molecule has 2 amide bonds. The van der Waals surface area contributed by atoms with Crippen LogP contribution in [-0.4, -0.2) is 48.1 Å². The van der Waals surface area contributed by atoms with Crippen molar-refractivity contribution in [2.75, 3.05) is 13.2 Å². The van der Waals surface area contributed by atoms with Crippen LogP contribution in [0.15, 0.2) is 0 Å². The van der Waals surface area contributed by atoms with Crippen molar-refractivity contribution < 1.29 is 14.3 Å². The highest BCUT2D eigenvalue weighted by atomic mass is 16.5. The standard InChI is InChI=1S/C15H24N2O3/c1-10-11(6-7-20-10)9-16-13-8-14(18)17(15(13)19)12-4-2-3-5-12/h10-13,16H,2-9H2,1H3. The molecule has 5 heteroatoms. The Balaban J connectivity index is 1.55. The molecule has 2 aliphatic heterocycles. The fourth-order valence-electron chi connectivity index (χ4n) is 3.69. The van der Waals surface area contributed by atoms with Crippen LogP contribution in [0.3, 0.4) is 0 Å². The lowest BCUT2D eigenvalue weighted by Crippen LogP contribution is -2.44. The van der Waals surface area contributed by atoms with E-state index in [4.69, 9.17) is 4.74 Å². The molecule has 20 heavy (non-hydrogen) atoms. The van der Waals surface area contributed by atoms with Crippen molar-refractivity contribution in [3.05, 3.63) is 0 Å². The summed E-state index contributed by atoms with van der Waals surface area (Å²) in [6, 6.07) is -0.147. The maximum Gasteiger partial charge on any atom is 0.247 e. The highest BCUT2D eigenvalue weighted by Gasteiger charge is 2.43. The summed E-state index contributed by atoms with van der Waals surface area (Å²) in [6.07, 6.45) is 5.86. The minimum atomic E-state index is -0.309. The van der Waals surface area contributed by atoms with Crippen LogP contribution in [0.4, 0.5) is 0 Å². The maximum absolute atomic E-state index is 12.4. The fraction of sp³-hybridized carbons (Fsp3) is 0.867. The number of likely N-dealkylation sites (tertiary alicyclic amines) is 1. The van der Waals surface area contributed by atoms with Gasteiger partial charge in [0.1, 0.15) is 0 Å². The summed E-state index contributed by atoms with van der Waals surface area (Å²) in [5.74, 6) is 0.460. The molecule has 0 aromatic heterocycles. The van der Waals surface area contributed by atoms with Gasteiger partial charge >= 0.3 is 0 Å². The predicted octanol–water partition coefficient (Wildman–Crippen LogP) is 1.07. The summed E-state index contributed by atoms with van der Waals surface area (Å²) < 4.78 is 5.53. The zero-order valence-corrected chi connectivity index (χ0v) is 12.1. The van der Waals surface area contributed by atoms with Crippen molar-refractivity contribution in [1.29, 1.82) is 0 Å². The normalized spacial score (nSPS) is 35.5. The number of hydrogen-bond acceptors (Lipinski definition) is 4. The third kappa shape index (κ3) is 2.61. The van der Waals surface area contributed by atoms with Gasteiger partial charge in [-0.3, -0.25) is 14.5 Å². The van der Waals surface area contributed by atoms with Crippen molar-refractivity contribution in [3.8, 4) is 0 Å². The van der Waals surface area contributed by atoms with Crippen molar-refractivity contribution in [1.82, 2.24) is 10.2 Å². The Morgan fingerprint density at radius 2 is 2.00 bits per heavy atom. The van der Waals surface area contributed by atoms with Crippen molar-refractivity contribution in [3.63, 3.8) is 0 Å². The second kappa shape index (κ2) is 5.82. The smallest absolute Gasteiger partial charge is 0.247 e. The molecule has 1 N–H and O–H groups in total. The molecular formula is C15H24N2O3. The van der Waals surface area contributed by atoms with Gasteiger partial charge in [0.15, 0.2) is 0 Å². The Labute approximate surface area is 120 Å². The van der Waals surface area contributed by atoms with E-state index < -0.39 is 0 Å². The van der Waals surface area contributed by atoms with Gasteiger partial charge in [-0.25, -0.2) is 0 Å². The van der Waals surface area contributed by atoms with Gasteiger partial charge in [-0.15, -0.1) is 0 Å². The van der Waals surface area contributed by atoms with Crippen LogP contribution in [0, 0.1) is 5.92 Å². The Morgan fingerprint density at radius 1 is 1.25 bits per heavy atom. The highest BCUT2D eigenvalue weighted by molar-refractivity contribution is 6.05. The zero-order valence-electron chi connectivity index (χ0n) is 12.1. The Hall–Kier alpha value is -0.940. The molecule has 3 rings (SSSR count). The minimum Gasteiger partial charge on any atom is -0.378 e. The highest BCUT2D eigenvalue weighted by Crippen LogP contribution is 2.28.